The summed E-state index contributed by atoms with van der Waals surface area (Å²) in [7, 11) is 1.81. The first-order chi connectivity index (χ1) is 10.6. The third kappa shape index (κ3) is 1.91. The number of nitrogens with one attached hydrogen (secondary N) is 1. The number of carbonyl (C=O) groups excluding carboxylic acids is 1. The van der Waals surface area contributed by atoms with Gasteiger partial charge >= 0.3 is 0 Å². The van der Waals surface area contributed by atoms with Crippen molar-refractivity contribution in [3.8, 4) is 0 Å². The van der Waals surface area contributed by atoms with E-state index >= 15 is 0 Å². The molecule has 0 radical (unpaired) electrons. The van der Waals surface area contributed by atoms with Crippen molar-refractivity contribution in [3.63, 3.8) is 0 Å². The molecular formula is C18H13BrN2O. The van der Waals surface area contributed by atoms with Crippen molar-refractivity contribution in [2.75, 3.05) is 11.9 Å². The summed E-state index contributed by atoms with van der Waals surface area (Å²) in [5, 5.41) is 1.10. The molecule has 2 heterocycles. The van der Waals surface area contributed by atoms with Crippen LogP contribution in [-0.2, 0) is 4.79 Å². The van der Waals surface area contributed by atoms with E-state index in [0.29, 0.717) is 0 Å². The number of aromatic nitrogens is 1. The number of aromatic amines is 1. The summed E-state index contributed by atoms with van der Waals surface area (Å²) < 4.78 is 1.02. The molecule has 0 aliphatic carbocycles. The molecule has 22 heavy (non-hydrogen) atoms. The highest BCUT2D eigenvalue weighted by Gasteiger charge is 2.29. The molecule has 0 spiro atoms. The van der Waals surface area contributed by atoms with E-state index in [9.17, 15) is 4.79 Å². The fourth-order valence-electron chi connectivity index (χ4n) is 2.93. The van der Waals surface area contributed by atoms with Gasteiger partial charge in [-0.15, -0.1) is 0 Å². The highest BCUT2D eigenvalue weighted by Crippen LogP contribution is 2.37. The number of likely N-dealkylation sites (N-methyl/N-ethyl adjacent to an activating group) is 1. The van der Waals surface area contributed by atoms with Crippen LogP contribution in [0.25, 0.3) is 22.6 Å². The summed E-state index contributed by atoms with van der Waals surface area (Å²) in [6.07, 6.45) is 3.91. The lowest BCUT2D eigenvalue weighted by atomic mass is 10.0. The van der Waals surface area contributed by atoms with Crippen LogP contribution in [0.2, 0.25) is 0 Å². The first kappa shape index (κ1) is 13.3. The maximum absolute atomic E-state index is 12.5. The number of fused-ring (bicyclic) bond motifs is 2. The maximum atomic E-state index is 12.5. The van der Waals surface area contributed by atoms with Crippen molar-refractivity contribution in [2.24, 2.45) is 0 Å². The molecule has 1 aliphatic heterocycles. The second-order valence-corrected chi connectivity index (χ2v) is 6.29. The third-order valence-electron chi connectivity index (χ3n) is 4.07. The van der Waals surface area contributed by atoms with Gasteiger partial charge in [-0.25, -0.2) is 0 Å². The van der Waals surface area contributed by atoms with E-state index in [1.54, 1.807) is 4.90 Å². The third-order valence-corrected chi connectivity index (χ3v) is 4.56. The van der Waals surface area contributed by atoms with E-state index < -0.39 is 0 Å². The summed E-state index contributed by atoms with van der Waals surface area (Å²) in [4.78, 5) is 17.5. The van der Waals surface area contributed by atoms with E-state index in [1.165, 1.54) is 0 Å². The second kappa shape index (κ2) is 4.85. The number of H-pyrrole nitrogens is 1. The molecule has 0 fully saturated rings. The number of hydrogen-bond donors (Lipinski definition) is 1. The minimum absolute atomic E-state index is 0.0329. The molecule has 108 valence electrons. The number of benzene rings is 2. The number of halogens is 1. The minimum atomic E-state index is 0.0329. The molecule has 3 nitrogen and oxygen atoms in total. The van der Waals surface area contributed by atoms with Gasteiger partial charge in [0.05, 0.1) is 5.69 Å². The van der Waals surface area contributed by atoms with Gasteiger partial charge in [-0.2, -0.15) is 0 Å². The van der Waals surface area contributed by atoms with E-state index in [2.05, 4.69) is 27.0 Å². The van der Waals surface area contributed by atoms with Gasteiger partial charge in [-0.3, -0.25) is 4.79 Å². The fraction of sp³-hybridized carbons (Fsp3) is 0.0556. The molecule has 1 aliphatic rings. The van der Waals surface area contributed by atoms with Crippen LogP contribution in [0.5, 0.6) is 0 Å². The van der Waals surface area contributed by atoms with Crippen molar-refractivity contribution in [1.29, 1.82) is 0 Å². The van der Waals surface area contributed by atoms with Crippen LogP contribution in [0.15, 0.2) is 53.1 Å². The SMILES string of the molecule is CN1C(=O)C(=Cc2c[nH]c3ccc(Br)cc23)c2ccccc21. The highest BCUT2D eigenvalue weighted by molar-refractivity contribution is 9.10. The molecular weight excluding hydrogens is 340 g/mol. The van der Waals surface area contributed by atoms with Gasteiger partial charge in [0, 0.05) is 45.3 Å². The van der Waals surface area contributed by atoms with Crippen molar-refractivity contribution >= 4 is 50.1 Å². The molecule has 1 N–H and O–H groups in total. The lowest BCUT2D eigenvalue weighted by Crippen LogP contribution is -2.20. The first-order valence-electron chi connectivity index (χ1n) is 7.01. The maximum Gasteiger partial charge on any atom is 0.258 e. The topological polar surface area (TPSA) is 36.1 Å². The van der Waals surface area contributed by atoms with Crippen molar-refractivity contribution in [1.82, 2.24) is 4.98 Å². The molecule has 2 aromatic carbocycles. The van der Waals surface area contributed by atoms with Gasteiger partial charge in [-0.1, -0.05) is 34.1 Å². The van der Waals surface area contributed by atoms with Gasteiger partial charge in [0.15, 0.2) is 0 Å². The summed E-state index contributed by atoms with van der Waals surface area (Å²) in [5.41, 5.74) is 4.75. The van der Waals surface area contributed by atoms with Crippen molar-refractivity contribution in [3.05, 3.63) is 64.3 Å². The molecule has 1 aromatic heterocycles. The Hall–Kier alpha value is -2.33. The van der Waals surface area contributed by atoms with E-state index in [-0.39, 0.29) is 5.91 Å². The molecule has 1 amide bonds. The molecule has 3 aromatic rings. The lowest BCUT2D eigenvalue weighted by molar-refractivity contribution is -0.112. The largest absolute Gasteiger partial charge is 0.361 e. The number of carbonyl (C=O) groups is 1. The van der Waals surface area contributed by atoms with Gasteiger partial charge < -0.3 is 9.88 Å². The quantitative estimate of drug-likeness (QED) is 0.645. The predicted octanol–water partition coefficient (Wildman–Crippen LogP) is 4.45. The zero-order valence-corrected chi connectivity index (χ0v) is 13.5. The average Bonchev–Trinajstić information content (AvgIpc) is 3.03. The summed E-state index contributed by atoms with van der Waals surface area (Å²) >= 11 is 3.50. The Morgan fingerprint density at radius 1 is 1.18 bits per heavy atom. The van der Waals surface area contributed by atoms with Gasteiger partial charge in [0.1, 0.15) is 0 Å². The monoisotopic (exact) mass is 352 g/mol. The molecule has 0 atom stereocenters. The molecule has 0 saturated heterocycles. The van der Waals surface area contributed by atoms with Crippen LogP contribution in [0.4, 0.5) is 5.69 Å². The number of rotatable bonds is 1. The zero-order chi connectivity index (χ0) is 15.3. The smallest absolute Gasteiger partial charge is 0.258 e. The standard InChI is InChI=1S/C18H13BrN2O/c1-21-17-5-3-2-4-13(17)15(18(21)22)8-11-10-20-16-7-6-12(19)9-14(11)16/h2-10,20H,1H3. The highest BCUT2D eigenvalue weighted by atomic mass is 79.9. The number of anilines is 1. The van der Waals surface area contributed by atoms with Gasteiger partial charge in [0.25, 0.3) is 5.91 Å². The van der Waals surface area contributed by atoms with Crippen LogP contribution in [0, 0.1) is 0 Å². The van der Waals surface area contributed by atoms with Gasteiger partial charge in [-0.05, 0) is 30.3 Å². The zero-order valence-electron chi connectivity index (χ0n) is 11.9. The summed E-state index contributed by atoms with van der Waals surface area (Å²) in [5.74, 6) is 0.0329. The Labute approximate surface area is 136 Å². The number of nitrogens with zero attached hydrogens (tertiary/aromatic N) is 1. The molecule has 4 heteroatoms. The summed E-state index contributed by atoms with van der Waals surface area (Å²) in [6, 6.07) is 14.0. The van der Waals surface area contributed by atoms with Crippen LogP contribution in [0.3, 0.4) is 0 Å². The molecule has 0 saturated carbocycles. The number of hydrogen-bond acceptors (Lipinski definition) is 1. The van der Waals surface area contributed by atoms with Crippen LogP contribution in [-0.4, -0.2) is 17.9 Å². The molecule has 4 rings (SSSR count). The van der Waals surface area contributed by atoms with Crippen LogP contribution < -0.4 is 4.90 Å². The molecule has 0 bridgehead atoms. The normalized spacial score (nSPS) is 15.8. The van der Waals surface area contributed by atoms with Crippen molar-refractivity contribution in [2.45, 2.75) is 0 Å². The Bertz CT molecular complexity index is 939. The minimum Gasteiger partial charge on any atom is -0.361 e. The average molecular weight is 353 g/mol. The number of para-hydroxylation sites is 1. The predicted molar refractivity (Wildman–Crippen MR) is 93.7 cm³/mol. The van der Waals surface area contributed by atoms with Gasteiger partial charge in [0.2, 0.25) is 0 Å². The Morgan fingerprint density at radius 2 is 2.00 bits per heavy atom. The van der Waals surface area contributed by atoms with Crippen molar-refractivity contribution < 1.29 is 4.79 Å². The lowest BCUT2D eigenvalue weighted by Gasteiger charge is -2.07. The Kier molecular flexibility index (Phi) is 2.94. The number of amides is 1. The Balaban J connectivity index is 1.92. The van der Waals surface area contributed by atoms with E-state index in [4.69, 9.17) is 0 Å². The summed E-state index contributed by atoms with van der Waals surface area (Å²) in [6.45, 7) is 0. The second-order valence-electron chi connectivity index (χ2n) is 5.37. The fourth-order valence-corrected chi connectivity index (χ4v) is 3.29. The van der Waals surface area contributed by atoms with Crippen LogP contribution in [0.1, 0.15) is 11.1 Å². The van der Waals surface area contributed by atoms with Crippen LogP contribution >= 0.6 is 15.9 Å². The van der Waals surface area contributed by atoms with E-state index in [1.807, 2.05) is 55.7 Å². The first-order valence-corrected chi connectivity index (χ1v) is 7.80. The Morgan fingerprint density at radius 3 is 2.86 bits per heavy atom. The van der Waals surface area contributed by atoms with E-state index in [0.717, 1.165) is 37.8 Å². The molecule has 0 unspecified atom stereocenters.